The van der Waals surface area contributed by atoms with Crippen molar-refractivity contribution in [2.45, 2.75) is 6.42 Å². The van der Waals surface area contributed by atoms with Crippen LogP contribution in [0.15, 0.2) is 42.6 Å². The van der Waals surface area contributed by atoms with Crippen molar-refractivity contribution in [2.75, 3.05) is 6.61 Å². The van der Waals surface area contributed by atoms with Gasteiger partial charge >= 0.3 is 0 Å². The third-order valence-electron chi connectivity index (χ3n) is 3.39. The predicted molar refractivity (Wildman–Crippen MR) is 75.5 cm³/mol. The van der Waals surface area contributed by atoms with Crippen molar-refractivity contribution in [1.82, 2.24) is 15.8 Å². The van der Waals surface area contributed by atoms with E-state index in [1.165, 1.54) is 0 Å². The molecule has 108 valence electrons. The van der Waals surface area contributed by atoms with Gasteiger partial charge in [0.25, 0.3) is 5.91 Å². The third-order valence-corrected chi connectivity index (χ3v) is 3.39. The lowest BCUT2D eigenvalue weighted by molar-refractivity contribution is -0.127. The first-order valence-electron chi connectivity index (χ1n) is 6.68. The normalized spacial score (nSPS) is 16.5. The van der Waals surface area contributed by atoms with Crippen molar-refractivity contribution in [2.24, 2.45) is 5.92 Å². The topological polar surface area (TPSA) is 83.2 Å². The summed E-state index contributed by atoms with van der Waals surface area (Å²) >= 11 is 0. The van der Waals surface area contributed by atoms with E-state index in [1.54, 1.807) is 18.3 Å². The van der Waals surface area contributed by atoms with Crippen molar-refractivity contribution >= 4 is 11.8 Å². The number of hydrogen-bond donors (Lipinski definition) is 3. The number of aromatic amines is 1. The maximum Gasteiger partial charge on any atom is 0.286 e. The van der Waals surface area contributed by atoms with Crippen molar-refractivity contribution in [3.63, 3.8) is 0 Å². The summed E-state index contributed by atoms with van der Waals surface area (Å²) in [6.45, 7) is 0.307. The van der Waals surface area contributed by atoms with E-state index in [1.807, 2.05) is 24.3 Å². The molecule has 6 nitrogen and oxygen atoms in total. The van der Waals surface area contributed by atoms with Gasteiger partial charge in [0.15, 0.2) is 0 Å². The van der Waals surface area contributed by atoms with Crippen LogP contribution < -0.4 is 15.6 Å². The molecule has 0 saturated heterocycles. The van der Waals surface area contributed by atoms with Crippen LogP contribution in [0.5, 0.6) is 5.75 Å². The number of ether oxygens (including phenoxy) is 1. The van der Waals surface area contributed by atoms with E-state index < -0.39 is 0 Å². The molecule has 1 unspecified atom stereocenters. The molecule has 0 saturated carbocycles. The average Bonchev–Trinajstić information content (AvgIpc) is 3.06. The summed E-state index contributed by atoms with van der Waals surface area (Å²) in [4.78, 5) is 26.5. The lowest BCUT2D eigenvalue weighted by atomic mass is 9.96. The van der Waals surface area contributed by atoms with Gasteiger partial charge in [0, 0.05) is 6.20 Å². The summed E-state index contributed by atoms with van der Waals surface area (Å²) in [5.74, 6) is -0.143. The van der Waals surface area contributed by atoms with E-state index in [4.69, 9.17) is 4.74 Å². The fourth-order valence-electron chi connectivity index (χ4n) is 2.26. The van der Waals surface area contributed by atoms with E-state index in [2.05, 4.69) is 15.8 Å². The van der Waals surface area contributed by atoms with Gasteiger partial charge in [-0.2, -0.15) is 0 Å². The summed E-state index contributed by atoms with van der Waals surface area (Å²) in [5, 5.41) is 0. The number of amides is 2. The number of carbonyl (C=O) groups excluding carboxylic acids is 2. The number of fused-ring (bicyclic) bond motifs is 1. The Kier molecular flexibility index (Phi) is 3.59. The van der Waals surface area contributed by atoms with Crippen LogP contribution >= 0.6 is 0 Å². The Morgan fingerprint density at radius 2 is 2.00 bits per heavy atom. The fourth-order valence-corrected chi connectivity index (χ4v) is 2.26. The number of aromatic nitrogens is 1. The fraction of sp³-hybridized carbons (Fsp3) is 0.200. The molecule has 2 aromatic rings. The van der Waals surface area contributed by atoms with E-state index >= 15 is 0 Å². The Balaban J connectivity index is 1.56. The van der Waals surface area contributed by atoms with E-state index in [9.17, 15) is 9.59 Å². The highest BCUT2D eigenvalue weighted by molar-refractivity contribution is 5.94. The van der Waals surface area contributed by atoms with Crippen LogP contribution in [0.2, 0.25) is 0 Å². The molecule has 0 bridgehead atoms. The third kappa shape index (κ3) is 2.89. The van der Waals surface area contributed by atoms with Crippen molar-refractivity contribution in [3.05, 3.63) is 53.9 Å². The second-order valence-electron chi connectivity index (χ2n) is 4.85. The van der Waals surface area contributed by atoms with Gasteiger partial charge < -0.3 is 9.72 Å². The minimum absolute atomic E-state index is 0.260. The number of hydrazine groups is 1. The second kappa shape index (κ2) is 5.70. The summed E-state index contributed by atoms with van der Waals surface area (Å²) in [5.41, 5.74) is 6.20. The molecule has 1 aliphatic rings. The highest BCUT2D eigenvalue weighted by Gasteiger charge is 2.26. The van der Waals surface area contributed by atoms with Crippen LogP contribution in [0.3, 0.4) is 0 Å². The monoisotopic (exact) mass is 285 g/mol. The van der Waals surface area contributed by atoms with Gasteiger partial charge in [-0.15, -0.1) is 0 Å². The lowest BCUT2D eigenvalue weighted by Crippen LogP contribution is -2.47. The number of rotatable bonds is 2. The zero-order chi connectivity index (χ0) is 14.7. The zero-order valence-corrected chi connectivity index (χ0v) is 11.3. The minimum Gasteiger partial charge on any atom is -0.492 e. The van der Waals surface area contributed by atoms with Gasteiger partial charge in [-0.05, 0) is 30.2 Å². The molecule has 1 aromatic heterocycles. The lowest BCUT2D eigenvalue weighted by Gasteiger charge is -2.24. The van der Waals surface area contributed by atoms with Crippen LogP contribution in [-0.4, -0.2) is 23.4 Å². The van der Waals surface area contributed by atoms with Crippen molar-refractivity contribution < 1.29 is 14.3 Å². The van der Waals surface area contributed by atoms with E-state index in [-0.39, 0.29) is 17.7 Å². The second-order valence-corrected chi connectivity index (χ2v) is 4.85. The molecular formula is C15H15N3O3. The van der Waals surface area contributed by atoms with Crippen LogP contribution in [0.4, 0.5) is 0 Å². The van der Waals surface area contributed by atoms with Gasteiger partial charge in [0.1, 0.15) is 18.1 Å². The molecule has 1 aromatic carbocycles. The maximum atomic E-state index is 12.1. The summed E-state index contributed by atoms with van der Waals surface area (Å²) < 4.78 is 5.56. The highest BCUT2D eigenvalue weighted by Crippen LogP contribution is 2.26. The van der Waals surface area contributed by atoms with Gasteiger partial charge in [0.2, 0.25) is 5.91 Å². The molecule has 6 heteroatoms. The molecule has 21 heavy (non-hydrogen) atoms. The average molecular weight is 285 g/mol. The quantitative estimate of drug-likeness (QED) is 0.721. The van der Waals surface area contributed by atoms with Crippen molar-refractivity contribution in [3.8, 4) is 5.75 Å². The Hall–Kier alpha value is -2.76. The number of para-hydroxylation sites is 1. The Labute approximate surface area is 121 Å². The molecule has 2 heterocycles. The standard InChI is InChI=1S/C15H15N3O3/c19-14(17-18-15(20)12-5-3-7-16-12)11-8-10-4-1-2-6-13(10)21-9-11/h1-7,11,16H,8-9H2,(H,17,19)(H,18,20). The molecule has 1 aliphatic heterocycles. The minimum atomic E-state index is -0.384. The van der Waals surface area contributed by atoms with Crippen LogP contribution in [0, 0.1) is 5.92 Å². The van der Waals surface area contributed by atoms with Gasteiger partial charge in [-0.3, -0.25) is 20.4 Å². The largest absolute Gasteiger partial charge is 0.492 e. The molecule has 0 spiro atoms. The summed E-state index contributed by atoms with van der Waals surface area (Å²) in [6, 6.07) is 11.0. The van der Waals surface area contributed by atoms with Gasteiger partial charge in [-0.25, -0.2) is 0 Å². The van der Waals surface area contributed by atoms with Crippen LogP contribution in [0.1, 0.15) is 16.1 Å². The smallest absolute Gasteiger partial charge is 0.286 e. The maximum absolute atomic E-state index is 12.1. The molecule has 0 radical (unpaired) electrons. The molecule has 3 rings (SSSR count). The highest BCUT2D eigenvalue weighted by atomic mass is 16.5. The summed E-state index contributed by atoms with van der Waals surface area (Å²) in [7, 11) is 0. The van der Waals surface area contributed by atoms with Crippen LogP contribution in [-0.2, 0) is 11.2 Å². The Morgan fingerprint density at radius 3 is 2.81 bits per heavy atom. The Bertz CT molecular complexity index is 652. The number of H-pyrrole nitrogens is 1. The molecular weight excluding hydrogens is 270 g/mol. The van der Waals surface area contributed by atoms with E-state index in [0.717, 1.165) is 11.3 Å². The number of hydrogen-bond acceptors (Lipinski definition) is 3. The summed E-state index contributed by atoms with van der Waals surface area (Å²) in [6.07, 6.45) is 2.24. The number of benzene rings is 1. The van der Waals surface area contributed by atoms with Gasteiger partial charge in [-0.1, -0.05) is 18.2 Å². The van der Waals surface area contributed by atoms with E-state index in [0.29, 0.717) is 18.7 Å². The first-order chi connectivity index (χ1) is 10.2. The van der Waals surface area contributed by atoms with Gasteiger partial charge in [0.05, 0.1) is 5.92 Å². The molecule has 0 fully saturated rings. The molecule has 2 amide bonds. The van der Waals surface area contributed by atoms with Crippen LogP contribution in [0.25, 0.3) is 0 Å². The SMILES string of the molecule is O=C(NNC(=O)C1COc2ccccc2C1)c1ccc[nH]1. The molecule has 3 N–H and O–H groups in total. The molecule has 1 atom stereocenters. The molecule has 0 aliphatic carbocycles. The Morgan fingerprint density at radius 1 is 1.14 bits per heavy atom. The van der Waals surface area contributed by atoms with Crippen molar-refractivity contribution in [1.29, 1.82) is 0 Å². The predicted octanol–water partition coefficient (Wildman–Crippen LogP) is 1.03. The number of carbonyl (C=O) groups is 2. The first-order valence-corrected chi connectivity index (χ1v) is 6.68. The first kappa shape index (κ1) is 13.2. The zero-order valence-electron chi connectivity index (χ0n) is 11.3. The number of nitrogens with one attached hydrogen (secondary N) is 3.